The molecule has 0 bridgehead atoms. The van der Waals surface area contributed by atoms with E-state index in [0.717, 1.165) is 19.4 Å². The van der Waals surface area contributed by atoms with Gasteiger partial charge in [0.15, 0.2) is 0 Å². The molecule has 1 aromatic carbocycles. The Hall–Kier alpha value is -1.84. The van der Waals surface area contributed by atoms with Crippen LogP contribution in [0.15, 0.2) is 24.3 Å². The zero-order valence-electron chi connectivity index (χ0n) is 12.5. The fourth-order valence-electron chi connectivity index (χ4n) is 3.49. The molecule has 3 rings (SSSR count). The molecule has 2 unspecified atom stereocenters. The second-order valence-corrected chi connectivity index (χ2v) is 6.11. The number of nitrogens with zero attached hydrogens (tertiary/aromatic N) is 1. The van der Waals surface area contributed by atoms with Crippen LogP contribution in [0.25, 0.3) is 0 Å². The van der Waals surface area contributed by atoms with Crippen molar-refractivity contribution in [3.05, 3.63) is 35.4 Å². The van der Waals surface area contributed by atoms with Crippen LogP contribution in [0.3, 0.4) is 0 Å². The molecule has 2 atom stereocenters. The van der Waals surface area contributed by atoms with Crippen LogP contribution >= 0.6 is 0 Å². The average molecular weight is 286 g/mol. The maximum absolute atomic E-state index is 12.4. The minimum atomic E-state index is -0.404. The molecule has 0 radical (unpaired) electrons. The normalized spacial score (nSPS) is 26.0. The molecule has 2 aliphatic rings. The first-order valence-corrected chi connectivity index (χ1v) is 7.81. The van der Waals surface area contributed by atoms with Gasteiger partial charge in [0.2, 0.25) is 11.8 Å². The van der Waals surface area contributed by atoms with E-state index in [1.807, 2.05) is 4.90 Å². The Labute approximate surface area is 125 Å². The van der Waals surface area contributed by atoms with Crippen LogP contribution in [0.1, 0.15) is 43.2 Å². The fraction of sp³-hybridized carbons (Fsp3) is 0.529. The van der Waals surface area contributed by atoms with Crippen LogP contribution in [-0.2, 0) is 16.0 Å². The van der Waals surface area contributed by atoms with Crippen LogP contribution in [0.4, 0.5) is 0 Å². The number of carbonyl (C=O) groups is 2. The first-order valence-electron chi connectivity index (χ1n) is 7.81. The van der Waals surface area contributed by atoms with Gasteiger partial charge in [-0.05, 0) is 37.3 Å². The molecule has 1 aromatic rings. The van der Waals surface area contributed by atoms with Gasteiger partial charge >= 0.3 is 0 Å². The van der Waals surface area contributed by atoms with Crippen LogP contribution in [0.2, 0.25) is 0 Å². The largest absolute Gasteiger partial charge is 0.345 e. The highest BCUT2D eigenvalue weighted by Crippen LogP contribution is 2.32. The van der Waals surface area contributed by atoms with E-state index in [9.17, 15) is 9.59 Å². The predicted octanol–water partition coefficient (Wildman–Crippen LogP) is 1.84. The molecule has 21 heavy (non-hydrogen) atoms. The van der Waals surface area contributed by atoms with Crippen LogP contribution in [0, 0.1) is 0 Å². The minimum absolute atomic E-state index is 0.0256. The lowest BCUT2D eigenvalue weighted by molar-refractivity contribution is -0.133. The standard InChI is InChI=1S/C17H22N2O2/c1-12-17(21)19(10-9-16(20)18-12)11-14-7-4-6-13-5-2-3-8-15(13)14/h2-3,5,8,12,14H,4,6-7,9-11H2,1H3,(H,18,20). The number of nitrogens with one attached hydrogen (secondary N) is 1. The summed E-state index contributed by atoms with van der Waals surface area (Å²) >= 11 is 0. The molecule has 0 aromatic heterocycles. The molecule has 1 aliphatic carbocycles. The number of amides is 2. The number of aryl methyl sites for hydroxylation is 1. The fourth-order valence-corrected chi connectivity index (χ4v) is 3.49. The predicted molar refractivity (Wildman–Crippen MR) is 80.9 cm³/mol. The first kappa shape index (κ1) is 14.1. The van der Waals surface area contributed by atoms with Gasteiger partial charge in [-0.2, -0.15) is 0 Å². The SMILES string of the molecule is CC1NC(=O)CCN(CC2CCCc3ccccc32)C1=O. The highest BCUT2D eigenvalue weighted by atomic mass is 16.2. The van der Waals surface area contributed by atoms with Crippen molar-refractivity contribution < 1.29 is 9.59 Å². The molecule has 2 amide bonds. The Balaban J connectivity index is 1.77. The summed E-state index contributed by atoms with van der Waals surface area (Å²) in [7, 11) is 0. The molecular weight excluding hydrogens is 264 g/mol. The summed E-state index contributed by atoms with van der Waals surface area (Å²) in [6.07, 6.45) is 3.84. The highest BCUT2D eigenvalue weighted by Gasteiger charge is 2.30. The Kier molecular flexibility index (Phi) is 3.95. The van der Waals surface area contributed by atoms with Gasteiger partial charge in [0, 0.05) is 25.4 Å². The molecule has 112 valence electrons. The molecule has 1 heterocycles. The van der Waals surface area contributed by atoms with E-state index in [1.165, 1.54) is 17.5 Å². The van der Waals surface area contributed by atoms with E-state index in [0.29, 0.717) is 18.9 Å². The zero-order chi connectivity index (χ0) is 14.8. The van der Waals surface area contributed by atoms with Gasteiger partial charge in [0.1, 0.15) is 6.04 Å². The Morgan fingerprint density at radius 3 is 2.90 bits per heavy atom. The molecule has 1 fully saturated rings. The van der Waals surface area contributed by atoms with Gasteiger partial charge in [0.25, 0.3) is 0 Å². The van der Waals surface area contributed by atoms with Gasteiger partial charge in [-0.15, -0.1) is 0 Å². The van der Waals surface area contributed by atoms with Crippen molar-refractivity contribution in [2.45, 2.75) is 44.6 Å². The third-order valence-electron chi connectivity index (χ3n) is 4.60. The summed E-state index contributed by atoms with van der Waals surface area (Å²) in [6.45, 7) is 3.04. The molecule has 1 saturated heterocycles. The van der Waals surface area contributed by atoms with Crippen LogP contribution < -0.4 is 5.32 Å². The third kappa shape index (κ3) is 2.94. The maximum Gasteiger partial charge on any atom is 0.244 e. The van der Waals surface area contributed by atoms with E-state index < -0.39 is 6.04 Å². The van der Waals surface area contributed by atoms with E-state index in [2.05, 4.69) is 29.6 Å². The molecule has 1 aliphatic heterocycles. The third-order valence-corrected chi connectivity index (χ3v) is 4.60. The maximum atomic E-state index is 12.4. The lowest BCUT2D eigenvalue weighted by atomic mass is 9.82. The number of benzene rings is 1. The van der Waals surface area contributed by atoms with E-state index in [4.69, 9.17) is 0 Å². The number of hydrogen-bond donors (Lipinski definition) is 1. The van der Waals surface area contributed by atoms with Gasteiger partial charge in [0.05, 0.1) is 0 Å². The van der Waals surface area contributed by atoms with E-state index >= 15 is 0 Å². The Morgan fingerprint density at radius 1 is 1.24 bits per heavy atom. The monoisotopic (exact) mass is 286 g/mol. The molecular formula is C17H22N2O2. The first-order chi connectivity index (χ1) is 10.1. The van der Waals surface area contributed by atoms with Crippen LogP contribution in [0.5, 0.6) is 0 Å². The number of hydrogen-bond acceptors (Lipinski definition) is 2. The van der Waals surface area contributed by atoms with Gasteiger partial charge < -0.3 is 10.2 Å². The second-order valence-electron chi connectivity index (χ2n) is 6.11. The number of fused-ring (bicyclic) bond motifs is 1. The molecule has 4 heteroatoms. The van der Waals surface area contributed by atoms with Gasteiger partial charge in [-0.25, -0.2) is 0 Å². The lowest BCUT2D eigenvalue weighted by Crippen LogP contribution is -2.44. The van der Waals surface area contributed by atoms with Crippen molar-refractivity contribution in [3.63, 3.8) is 0 Å². The molecule has 1 N–H and O–H groups in total. The average Bonchev–Trinajstić information content (AvgIpc) is 2.61. The smallest absolute Gasteiger partial charge is 0.244 e. The van der Waals surface area contributed by atoms with Crippen molar-refractivity contribution >= 4 is 11.8 Å². The summed E-state index contributed by atoms with van der Waals surface area (Å²) < 4.78 is 0. The molecule has 4 nitrogen and oxygen atoms in total. The number of rotatable bonds is 2. The highest BCUT2D eigenvalue weighted by molar-refractivity contribution is 5.89. The Morgan fingerprint density at radius 2 is 2.05 bits per heavy atom. The van der Waals surface area contributed by atoms with E-state index in [-0.39, 0.29) is 11.8 Å². The zero-order valence-corrected chi connectivity index (χ0v) is 12.5. The van der Waals surface area contributed by atoms with Crippen LogP contribution in [-0.4, -0.2) is 35.8 Å². The molecule has 0 saturated carbocycles. The van der Waals surface area contributed by atoms with Crippen molar-refractivity contribution in [1.29, 1.82) is 0 Å². The van der Waals surface area contributed by atoms with Gasteiger partial charge in [-0.1, -0.05) is 24.3 Å². The minimum Gasteiger partial charge on any atom is -0.345 e. The van der Waals surface area contributed by atoms with Crippen molar-refractivity contribution in [2.24, 2.45) is 0 Å². The van der Waals surface area contributed by atoms with Crippen molar-refractivity contribution in [2.75, 3.05) is 13.1 Å². The topological polar surface area (TPSA) is 49.4 Å². The summed E-state index contributed by atoms with van der Waals surface area (Å²) in [5.74, 6) is 0.422. The number of carbonyl (C=O) groups excluding carboxylic acids is 2. The Bertz CT molecular complexity index is 555. The quantitative estimate of drug-likeness (QED) is 0.902. The second kappa shape index (κ2) is 5.88. The summed E-state index contributed by atoms with van der Waals surface area (Å²) in [5, 5.41) is 2.75. The van der Waals surface area contributed by atoms with Gasteiger partial charge in [-0.3, -0.25) is 9.59 Å². The molecule has 0 spiro atoms. The summed E-state index contributed by atoms with van der Waals surface area (Å²) in [6, 6.07) is 8.14. The summed E-state index contributed by atoms with van der Waals surface area (Å²) in [5.41, 5.74) is 2.80. The van der Waals surface area contributed by atoms with E-state index in [1.54, 1.807) is 6.92 Å². The van der Waals surface area contributed by atoms with Crippen molar-refractivity contribution in [3.8, 4) is 0 Å². The lowest BCUT2D eigenvalue weighted by Gasteiger charge is -2.31. The summed E-state index contributed by atoms with van der Waals surface area (Å²) in [4.78, 5) is 25.8. The van der Waals surface area contributed by atoms with Crippen molar-refractivity contribution in [1.82, 2.24) is 10.2 Å².